The lowest BCUT2D eigenvalue weighted by Crippen LogP contribution is -2.51. The molecule has 2 heteroatoms. The van der Waals surface area contributed by atoms with Crippen LogP contribution in [0.15, 0.2) is 0 Å². The van der Waals surface area contributed by atoms with Gasteiger partial charge in [0.2, 0.25) is 0 Å². The smallest absolute Gasteiger partial charge is 0.0153 e. The number of likely N-dealkylation sites (tertiary alicyclic amines) is 1. The Morgan fingerprint density at radius 1 is 1.43 bits per heavy atom. The molecule has 1 atom stereocenters. The molecule has 0 aromatic carbocycles. The molecule has 2 N–H and O–H groups in total. The molecule has 1 aliphatic rings. The SMILES string of the molecule is CCCCN1CC(CN)CCC1(C)C. The summed E-state index contributed by atoms with van der Waals surface area (Å²) in [6.07, 6.45) is 5.23. The Hall–Kier alpha value is -0.0800. The van der Waals surface area contributed by atoms with Gasteiger partial charge in [-0.05, 0) is 52.1 Å². The Bertz CT molecular complexity index is 166. The van der Waals surface area contributed by atoms with Crippen molar-refractivity contribution in [2.24, 2.45) is 11.7 Å². The predicted molar refractivity (Wildman–Crippen MR) is 62.3 cm³/mol. The maximum Gasteiger partial charge on any atom is 0.0153 e. The van der Waals surface area contributed by atoms with Crippen LogP contribution < -0.4 is 5.73 Å². The van der Waals surface area contributed by atoms with Crippen LogP contribution >= 0.6 is 0 Å². The first kappa shape index (κ1) is 12.0. The molecule has 0 radical (unpaired) electrons. The van der Waals surface area contributed by atoms with Crippen molar-refractivity contribution in [2.45, 2.75) is 52.0 Å². The van der Waals surface area contributed by atoms with Gasteiger partial charge < -0.3 is 5.73 Å². The number of piperidine rings is 1. The van der Waals surface area contributed by atoms with E-state index >= 15 is 0 Å². The molecule has 0 amide bonds. The molecule has 0 saturated carbocycles. The zero-order chi connectivity index (χ0) is 10.6. The second-order valence-electron chi connectivity index (χ2n) is 5.25. The zero-order valence-corrected chi connectivity index (χ0v) is 10.1. The molecule has 0 aromatic heterocycles. The molecule has 1 rings (SSSR count). The highest BCUT2D eigenvalue weighted by Gasteiger charge is 2.32. The van der Waals surface area contributed by atoms with Crippen molar-refractivity contribution in [1.82, 2.24) is 4.90 Å². The number of hydrogen-bond donors (Lipinski definition) is 1. The molecule has 84 valence electrons. The van der Waals surface area contributed by atoms with E-state index in [-0.39, 0.29) is 0 Å². The third-order valence-corrected chi connectivity index (χ3v) is 3.61. The molecule has 0 aromatic rings. The largest absolute Gasteiger partial charge is 0.330 e. The van der Waals surface area contributed by atoms with Crippen LogP contribution in [0.4, 0.5) is 0 Å². The van der Waals surface area contributed by atoms with Crippen LogP contribution in [0, 0.1) is 5.92 Å². The van der Waals surface area contributed by atoms with Gasteiger partial charge in [0.25, 0.3) is 0 Å². The molecular formula is C12H26N2. The number of unbranched alkanes of at least 4 members (excludes halogenated alkanes) is 1. The van der Waals surface area contributed by atoms with Crippen LogP contribution in [0.5, 0.6) is 0 Å². The topological polar surface area (TPSA) is 29.3 Å². The second-order valence-corrected chi connectivity index (χ2v) is 5.25. The summed E-state index contributed by atoms with van der Waals surface area (Å²) in [7, 11) is 0. The molecular weight excluding hydrogens is 172 g/mol. The molecule has 1 heterocycles. The summed E-state index contributed by atoms with van der Waals surface area (Å²) in [5.41, 5.74) is 6.16. The molecule has 1 saturated heterocycles. The van der Waals surface area contributed by atoms with Crippen molar-refractivity contribution in [2.75, 3.05) is 19.6 Å². The minimum atomic E-state index is 0.404. The van der Waals surface area contributed by atoms with E-state index in [2.05, 4.69) is 25.7 Å². The van der Waals surface area contributed by atoms with Crippen LogP contribution in [0.2, 0.25) is 0 Å². The molecule has 0 spiro atoms. The molecule has 14 heavy (non-hydrogen) atoms. The van der Waals surface area contributed by atoms with E-state index in [1.807, 2.05) is 0 Å². The fourth-order valence-corrected chi connectivity index (χ4v) is 2.30. The standard InChI is InChI=1S/C12H26N2/c1-4-5-8-14-10-11(9-13)6-7-12(14,2)3/h11H,4-10,13H2,1-3H3. The summed E-state index contributed by atoms with van der Waals surface area (Å²) in [6, 6.07) is 0. The minimum absolute atomic E-state index is 0.404. The summed E-state index contributed by atoms with van der Waals surface area (Å²) >= 11 is 0. The fourth-order valence-electron chi connectivity index (χ4n) is 2.30. The van der Waals surface area contributed by atoms with Crippen LogP contribution in [-0.2, 0) is 0 Å². The van der Waals surface area contributed by atoms with Crippen molar-refractivity contribution in [3.05, 3.63) is 0 Å². The van der Waals surface area contributed by atoms with Crippen LogP contribution in [0.25, 0.3) is 0 Å². The summed E-state index contributed by atoms with van der Waals surface area (Å²) < 4.78 is 0. The second kappa shape index (κ2) is 5.13. The molecule has 0 bridgehead atoms. The quantitative estimate of drug-likeness (QED) is 0.750. The van der Waals surface area contributed by atoms with E-state index in [1.54, 1.807) is 0 Å². The number of nitrogens with zero attached hydrogens (tertiary/aromatic N) is 1. The Labute approximate surface area is 88.8 Å². The number of rotatable bonds is 4. The van der Waals surface area contributed by atoms with Gasteiger partial charge >= 0.3 is 0 Å². The monoisotopic (exact) mass is 198 g/mol. The van der Waals surface area contributed by atoms with Crippen molar-refractivity contribution in [3.63, 3.8) is 0 Å². The first-order valence-electron chi connectivity index (χ1n) is 6.05. The lowest BCUT2D eigenvalue weighted by Gasteiger charge is -2.45. The Balaban J connectivity index is 2.48. The van der Waals surface area contributed by atoms with Crippen LogP contribution in [-0.4, -0.2) is 30.1 Å². The summed E-state index contributed by atoms with van der Waals surface area (Å²) in [5.74, 6) is 0.736. The third-order valence-electron chi connectivity index (χ3n) is 3.61. The summed E-state index contributed by atoms with van der Waals surface area (Å²) in [5, 5.41) is 0. The van der Waals surface area contributed by atoms with Crippen molar-refractivity contribution >= 4 is 0 Å². The molecule has 1 fully saturated rings. The van der Waals surface area contributed by atoms with Gasteiger partial charge in [0.15, 0.2) is 0 Å². The first-order chi connectivity index (χ1) is 6.60. The third kappa shape index (κ3) is 2.96. The highest BCUT2D eigenvalue weighted by atomic mass is 15.2. The van der Waals surface area contributed by atoms with E-state index in [4.69, 9.17) is 5.73 Å². The maximum atomic E-state index is 5.76. The predicted octanol–water partition coefficient (Wildman–Crippen LogP) is 2.24. The van der Waals surface area contributed by atoms with E-state index in [9.17, 15) is 0 Å². The summed E-state index contributed by atoms with van der Waals surface area (Å²) in [4.78, 5) is 2.64. The lowest BCUT2D eigenvalue weighted by molar-refractivity contribution is 0.0465. The molecule has 1 unspecified atom stereocenters. The average molecular weight is 198 g/mol. The van der Waals surface area contributed by atoms with E-state index < -0.39 is 0 Å². The Kier molecular flexibility index (Phi) is 4.39. The number of hydrogen-bond acceptors (Lipinski definition) is 2. The fraction of sp³-hybridized carbons (Fsp3) is 1.00. The minimum Gasteiger partial charge on any atom is -0.330 e. The zero-order valence-electron chi connectivity index (χ0n) is 10.1. The normalized spacial score (nSPS) is 27.9. The first-order valence-corrected chi connectivity index (χ1v) is 6.05. The van der Waals surface area contributed by atoms with Gasteiger partial charge in [-0.2, -0.15) is 0 Å². The van der Waals surface area contributed by atoms with Gasteiger partial charge in [-0.3, -0.25) is 4.90 Å². The summed E-state index contributed by atoms with van der Waals surface area (Å²) in [6.45, 7) is 10.3. The highest BCUT2D eigenvalue weighted by Crippen LogP contribution is 2.30. The average Bonchev–Trinajstić information content (AvgIpc) is 2.16. The van der Waals surface area contributed by atoms with Gasteiger partial charge in [0.05, 0.1) is 0 Å². The van der Waals surface area contributed by atoms with E-state index in [0.29, 0.717) is 5.54 Å². The van der Waals surface area contributed by atoms with Gasteiger partial charge in [-0.1, -0.05) is 13.3 Å². The van der Waals surface area contributed by atoms with Gasteiger partial charge in [0, 0.05) is 12.1 Å². The van der Waals surface area contributed by atoms with Crippen molar-refractivity contribution in [1.29, 1.82) is 0 Å². The number of nitrogens with two attached hydrogens (primary N) is 1. The van der Waals surface area contributed by atoms with Crippen LogP contribution in [0.3, 0.4) is 0 Å². The van der Waals surface area contributed by atoms with Gasteiger partial charge in [-0.25, -0.2) is 0 Å². The maximum absolute atomic E-state index is 5.76. The van der Waals surface area contributed by atoms with Crippen LogP contribution in [0.1, 0.15) is 46.5 Å². The Morgan fingerprint density at radius 2 is 2.14 bits per heavy atom. The van der Waals surface area contributed by atoms with Crippen molar-refractivity contribution < 1.29 is 0 Å². The van der Waals surface area contributed by atoms with E-state index in [0.717, 1.165) is 12.5 Å². The highest BCUT2D eigenvalue weighted by molar-refractivity contribution is 4.88. The van der Waals surface area contributed by atoms with Crippen molar-refractivity contribution in [3.8, 4) is 0 Å². The Morgan fingerprint density at radius 3 is 2.71 bits per heavy atom. The van der Waals surface area contributed by atoms with Gasteiger partial charge in [0.1, 0.15) is 0 Å². The lowest BCUT2D eigenvalue weighted by atomic mass is 9.84. The molecule has 2 nitrogen and oxygen atoms in total. The van der Waals surface area contributed by atoms with Gasteiger partial charge in [-0.15, -0.1) is 0 Å². The van der Waals surface area contributed by atoms with E-state index in [1.165, 1.54) is 38.8 Å². The molecule has 0 aliphatic carbocycles. The molecule has 1 aliphatic heterocycles.